The quantitative estimate of drug-likeness (QED) is 0.685. The number of urea groups is 1. The number of benzene rings is 1. The van der Waals surface area contributed by atoms with E-state index in [0.29, 0.717) is 6.54 Å². The van der Waals surface area contributed by atoms with Gasteiger partial charge in [0.1, 0.15) is 4.88 Å². The fourth-order valence-electron chi connectivity index (χ4n) is 2.23. The average Bonchev–Trinajstić information content (AvgIpc) is 3.01. The standard InChI is InChI=1S/C16H13N3O3S/c20-15(21)14-12(6-8-23-14)19-16(22)18-9-11-4-1-3-10-5-2-7-17-13(10)11/h1-8H,9H2,(H,20,21)(H2,18,19,22). The van der Waals surface area contributed by atoms with Crippen LogP contribution in [0.25, 0.3) is 10.9 Å². The van der Waals surface area contributed by atoms with Crippen molar-refractivity contribution in [3.05, 3.63) is 58.4 Å². The number of hydrogen-bond donors (Lipinski definition) is 3. The monoisotopic (exact) mass is 327 g/mol. The van der Waals surface area contributed by atoms with Crippen molar-refractivity contribution in [3.8, 4) is 0 Å². The number of aromatic nitrogens is 1. The van der Waals surface area contributed by atoms with Gasteiger partial charge in [0.25, 0.3) is 0 Å². The number of para-hydroxylation sites is 1. The number of carboxylic acid groups (broad SMARTS) is 1. The van der Waals surface area contributed by atoms with E-state index in [4.69, 9.17) is 5.11 Å². The molecule has 2 aromatic heterocycles. The van der Waals surface area contributed by atoms with E-state index in [9.17, 15) is 9.59 Å². The number of aromatic carboxylic acids is 1. The number of fused-ring (bicyclic) bond motifs is 1. The van der Waals surface area contributed by atoms with E-state index in [1.807, 2.05) is 30.3 Å². The van der Waals surface area contributed by atoms with Crippen LogP contribution in [0.3, 0.4) is 0 Å². The van der Waals surface area contributed by atoms with Crippen LogP contribution in [0.5, 0.6) is 0 Å². The van der Waals surface area contributed by atoms with Gasteiger partial charge in [0.2, 0.25) is 0 Å². The van der Waals surface area contributed by atoms with E-state index >= 15 is 0 Å². The minimum Gasteiger partial charge on any atom is -0.477 e. The topological polar surface area (TPSA) is 91.3 Å². The van der Waals surface area contributed by atoms with Crippen LogP contribution < -0.4 is 10.6 Å². The molecule has 0 fully saturated rings. The summed E-state index contributed by atoms with van der Waals surface area (Å²) in [7, 11) is 0. The Morgan fingerprint density at radius 2 is 2.00 bits per heavy atom. The third-order valence-corrected chi connectivity index (χ3v) is 4.17. The molecule has 0 spiro atoms. The molecule has 0 aliphatic carbocycles. The highest BCUT2D eigenvalue weighted by Gasteiger charge is 2.13. The van der Waals surface area contributed by atoms with E-state index in [0.717, 1.165) is 27.8 Å². The number of anilines is 1. The molecule has 0 radical (unpaired) electrons. The summed E-state index contributed by atoms with van der Waals surface area (Å²) in [4.78, 5) is 27.4. The molecule has 0 unspecified atom stereocenters. The summed E-state index contributed by atoms with van der Waals surface area (Å²) in [6.07, 6.45) is 1.70. The Morgan fingerprint density at radius 3 is 2.83 bits per heavy atom. The maximum atomic E-state index is 12.0. The molecular weight excluding hydrogens is 314 g/mol. The Morgan fingerprint density at radius 1 is 1.17 bits per heavy atom. The Kier molecular flexibility index (Phi) is 4.20. The molecule has 0 aliphatic heterocycles. The number of amides is 2. The number of rotatable bonds is 4. The second-order valence-electron chi connectivity index (χ2n) is 4.77. The number of nitrogens with zero attached hydrogens (tertiary/aromatic N) is 1. The van der Waals surface area contributed by atoms with Crippen molar-refractivity contribution < 1.29 is 14.7 Å². The molecule has 0 saturated carbocycles. The number of carbonyl (C=O) groups excluding carboxylic acids is 1. The number of thiophene rings is 1. The zero-order chi connectivity index (χ0) is 16.2. The predicted octanol–water partition coefficient (Wildman–Crippen LogP) is 3.32. The van der Waals surface area contributed by atoms with E-state index in [2.05, 4.69) is 15.6 Å². The Hall–Kier alpha value is -2.93. The minimum atomic E-state index is -1.06. The van der Waals surface area contributed by atoms with Crippen molar-refractivity contribution in [1.29, 1.82) is 0 Å². The maximum Gasteiger partial charge on any atom is 0.348 e. The fourth-order valence-corrected chi connectivity index (χ4v) is 2.91. The minimum absolute atomic E-state index is 0.104. The number of hydrogen-bond acceptors (Lipinski definition) is 4. The summed E-state index contributed by atoms with van der Waals surface area (Å²) in [5, 5.41) is 16.9. The normalized spacial score (nSPS) is 10.4. The van der Waals surface area contributed by atoms with E-state index in [-0.39, 0.29) is 10.6 Å². The van der Waals surface area contributed by atoms with Gasteiger partial charge in [-0.1, -0.05) is 24.3 Å². The van der Waals surface area contributed by atoms with Crippen LogP contribution in [0.4, 0.5) is 10.5 Å². The fraction of sp³-hybridized carbons (Fsp3) is 0.0625. The lowest BCUT2D eigenvalue weighted by Crippen LogP contribution is -2.28. The highest BCUT2D eigenvalue weighted by atomic mass is 32.1. The first-order valence-corrected chi connectivity index (χ1v) is 7.71. The third-order valence-electron chi connectivity index (χ3n) is 3.26. The van der Waals surface area contributed by atoms with Crippen molar-refractivity contribution in [3.63, 3.8) is 0 Å². The summed E-state index contributed by atoms with van der Waals surface area (Å²) in [6.45, 7) is 0.298. The second-order valence-corrected chi connectivity index (χ2v) is 5.68. The lowest BCUT2D eigenvalue weighted by molar-refractivity contribution is 0.0703. The highest BCUT2D eigenvalue weighted by molar-refractivity contribution is 7.12. The molecule has 0 aliphatic rings. The number of nitrogens with one attached hydrogen (secondary N) is 2. The van der Waals surface area contributed by atoms with Gasteiger partial charge in [-0.15, -0.1) is 11.3 Å². The van der Waals surface area contributed by atoms with Crippen molar-refractivity contribution in [2.75, 3.05) is 5.32 Å². The smallest absolute Gasteiger partial charge is 0.348 e. The Labute approximate surface area is 135 Å². The average molecular weight is 327 g/mol. The summed E-state index contributed by atoms with van der Waals surface area (Å²) in [6, 6.07) is 10.7. The summed E-state index contributed by atoms with van der Waals surface area (Å²) >= 11 is 1.06. The zero-order valence-corrected chi connectivity index (χ0v) is 12.8. The van der Waals surface area contributed by atoms with E-state index < -0.39 is 12.0 Å². The van der Waals surface area contributed by atoms with Crippen LogP contribution in [0.2, 0.25) is 0 Å². The van der Waals surface area contributed by atoms with Gasteiger partial charge >= 0.3 is 12.0 Å². The first kappa shape index (κ1) is 15.0. The zero-order valence-electron chi connectivity index (χ0n) is 11.9. The molecule has 7 heteroatoms. The molecule has 6 nitrogen and oxygen atoms in total. The molecule has 116 valence electrons. The van der Waals surface area contributed by atoms with Gasteiger partial charge in [0.15, 0.2) is 0 Å². The van der Waals surface area contributed by atoms with E-state index in [1.165, 1.54) is 0 Å². The van der Waals surface area contributed by atoms with Crippen LogP contribution >= 0.6 is 11.3 Å². The van der Waals surface area contributed by atoms with Crippen LogP contribution in [0, 0.1) is 0 Å². The van der Waals surface area contributed by atoms with Gasteiger partial charge in [0.05, 0.1) is 11.2 Å². The number of carboxylic acids is 1. The van der Waals surface area contributed by atoms with Crippen molar-refractivity contribution in [1.82, 2.24) is 10.3 Å². The second kappa shape index (κ2) is 6.45. The van der Waals surface area contributed by atoms with Crippen molar-refractivity contribution >= 4 is 39.9 Å². The molecule has 2 heterocycles. The first-order chi connectivity index (χ1) is 11.1. The molecule has 23 heavy (non-hydrogen) atoms. The van der Waals surface area contributed by atoms with Crippen molar-refractivity contribution in [2.45, 2.75) is 6.54 Å². The molecule has 0 bridgehead atoms. The molecule has 3 rings (SSSR count). The highest BCUT2D eigenvalue weighted by Crippen LogP contribution is 2.22. The summed E-state index contributed by atoms with van der Waals surface area (Å²) in [5.41, 5.74) is 2.01. The van der Waals surface area contributed by atoms with Crippen LogP contribution in [0.15, 0.2) is 48.0 Å². The SMILES string of the molecule is O=C(NCc1cccc2cccnc12)Nc1ccsc1C(=O)O. The van der Waals surface area contributed by atoms with Gasteiger partial charge in [-0.2, -0.15) is 0 Å². The Balaban J connectivity index is 1.69. The molecule has 0 atom stereocenters. The van der Waals surface area contributed by atoms with Crippen LogP contribution in [0.1, 0.15) is 15.2 Å². The van der Waals surface area contributed by atoms with Crippen molar-refractivity contribution in [2.24, 2.45) is 0 Å². The molecule has 2 amide bonds. The lowest BCUT2D eigenvalue weighted by atomic mass is 10.1. The predicted molar refractivity (Wildman–Crippen MR) is 88.9 cm³/mol. The summed E-state index contributed by atoms with van der Waals surface area (Å²) in [5.74, 6) is -1.06. The largest absolute Gasteiger partial charge is 0.477 e. The molecular formula is C16H13N3O3S. The molecule has 0 saturated heterocycles. The molecule has 3 N–H and O–H groups in total. The Bertz CT molecular complexity index is 870. The molecule has 3 aromatic rings. The molecule has 1 aromatic carbocycles. The number of carbonyl (C=O) groups is 2. The first-order valence-electron chi connectivity index (χ1n) is 6.83. The lowest BCUT2D eigenvalue weighted by Gasteiger charge is -2.09. The van der Waals surface area contributed by atoms with Gasteiger partial charge in [-0.3, -0.25) is 4.98 Å². The van der Waals surface area contributed by atoms with Gasteiger partial charge < -0.3 is 15.7 Å². The third kappa shape index (κ3) is 3.29. The van der Waals surface area contributed by atoms with E-state index in [1.54, 1.807) is 17.6 Å². The van der Waals surface area contributed by atoms with Crippen LogP contribution in [-0.2, 0) is 6.54 Å². The maximum absolute atomic E-state index is 12.0. The van der Waals surface area contributed by atoms with Gasteiger partial charge in [0, 0.05) is 18.1 Å². The number of pyridine rings is 1. The summed E-state index contributed by atoms with van der Waals surface area (Å²) < 4.78 is 0. The van der Waals surface area contributed by atoms with Gasteiger partial charge in [-0.25, -0.2) is 9.59 Å². The van der Waals surface area contributed by atoms with Crippen LogP contribution in [-0.4, -0.2) is 22.1 Å². The van der Waals surface area contributed by atoms with Gasteiger partial charge in [-0.05, 0) is 23.1 Å².